The van der Waals surface area contributed by atoms with Gasteiger partial charge in [0.15, 0.2) is 0 Å². The number of rotatable bonds is 5. The Bertz CT molecular complexity index is 1060. The van der Waals surface area contributed by atoms with Gasteiger partial charge < -0.3 is 19.9 Å². The second-order valence-electron chi connectivity index (χ2n) is 8.45. The quantitative estimate of drug-likeness (QED) is 0.808. The van der Waals surface area contributed by atoms with Crippen LogP contribution in [0.1, 0.15) is 24.8 Å². The molecular formula is C24H25N3O4. The fourth-order valence-corrected chi connectivity index (χ4v) is 4.41. The van der Waals surface area contributed by atoms with E-state index in [-0.39, 0.29) is 30.1 Å². The van der Waals surface area contributed by atoms with Crippen LogP contribution in [-0.4, -0.2) is 37.9 Å². The van der Waals surface area contributed by atoms with E-state index in [1.807, 2.05) is 35.2 Å². The van der Waals surface area contributed by atoms with Crippen molar-refractivity contribution in [3.63, 3.8) is 0 Å². The number of hydrogen-bond acceptors (Lipinski definition) is 4. The van der Waals surface area contributed by atoms with Crippen molar-refractivity contribution in [1.29, 1.82) is 0 Å². The maximum atomic E-state index is 12.7. The van der Waals surface area contributed by atoms with Crippen LogP contribution in [0, 0.1) is 11.8 Å². The van der Waals surface area contributed by atoms with E-state index >= 15 is 0 Å². The van der Waals surface area contributed by atoms with E-state index in [9.17, 15) is 14.4 Å². The van der Waals surface area contributed by atoms with Crippen molar-refractivity contribution in [3.05, 3.63) is 48.0 Å². The molecule has 0 aromatic heterocycles. The predicted octanol–water partition coefficient (Wildman–Crippen LogP) is 2.99. The van der Waals surface area contributed by atoms with Gasteiger partial charge in [-0.1, -0.05) is 6.07 Å². The molecule has 1 atom stereocenters. The van der Waals surface area contributed by atoms with E-state index in [0.29, 0.717) is 24.5 Å². The van der Waals surface area contributed by atoms with Gasteiger partial charge in [-0.2, -0.15) is 0 Å². The van der Waals surface area contributed by atoms with Gasteiger partial charge in [-0.25, -0.2) is 0 Å². The number of fused-ring (bicyclic) bond motifs is 1. The van der Waals surface area contributed by atoms with E-state index in [1.165, 1.54) is 0 Å². The van der Waals surface area contributed by atoms with Crippen LogP contribution in [0.25, 0.3) is 0 Å². The Morgan fingerprint density at radius 3 is 2.71 bits per heavy atom. The lowest BCUT2D eigenvalue weighted by atomic mass is 10.1. The largest absolute Gasteiger partial charge is 0.497 e. The molecule has 7 nitrogen and oxygen atoms in total. The number of methoxy groups -OCH3 is 1. The number of ether oxygens (including phenoxy) is 1. The first-order valence-corrected chi connectivity index (χ1v) is 10.7. The zero-order chi connectivity index (χ0) is 21.5. The van der Waals surface area contributed by atoms with Gasteiger partial charge in [0.1, 0.15) is 5.75 Å². The lowest BCUT2D eigenvalue weighted by Gasteiger charge is -2.20. The van der Waals surface area contributed by atoms with Gasteiger partial charge in [0.2, 0.25) is 17.7 Å². The summed E-state index contributed by atoms with van der Waals surface area (Å²) in [4.78, 5) is 41.5. The molecule has 2 aromatic carbocycles. The SMILES string of the molecule is COc1cccc(NC(=O)[C@@H]2CC(=O)N(c3ccc4c(c3)CCN4C(=O)C3CC3)C2)c1. The number of carbonyl (C=O) groups is 3. The maximum Gasteiger partial charge on any atom is 0.230 e. The van der Waals surface area contributed by atoms with Gasteiger partial charge in [0.25, 0.3) is 0 Å². The Morgan fingerprint density at radius 1 is 1.10 bits per heavy atom. The lowest BCUT2D eigenvalue weighted by Crippen LogP contribution is -2.30. The number of benzene rings is 2. The molecule has 2 aliphatic heterocycles. The Labute approximate surface area is 181 Å². The highest BCUT2D eigenvalue weighted by Gasteiger charge is 2.38. The molecular weight excluding hydrogens is 394 g/mol. The minimum Gasteiger partial charge on any atom is -0.497 e. The van der Waals surface area contributed by atoms with Crippen LogP contribution in [0.15, 0.2) is 42.5 Å². The molecule has 2 aromatic rings. The average molecular weight is 419 g/mol. The molecule has 2 heterocycles. The van der Waals surface area contributed by atoms with Crippen LogP contribution in [0.4, 0.5) is 17.1 Å². The number of hydrogen-bond donors (Lipinski definition) is 1. The van der Waals surface area contributed by atoms with Crippen molar-refractivity contribution in [3.8, 4) is 5.75 Å². The van der Waals surface area contributed by atoms with Gasteiger partial charge >= 0.3 is 0 Å². The van der Waals surface area contributed by atoms with Crippen LogP contribution >= 0.6 is 0 Å². The summed E-state index contributed by atoms with van der Waals surface area (Å²) < 4.78 is 5.19. The summed E-state index contributed by atoms with van der Waals surface area (Å²) in [7, 11) is 1.58. The topological polar surface area (TPSA) is 79.0 Å². The van der Waals surface area contributed by atoms with Crippen molar-refractivity contribution < 1.29 is 19.1 Å². The Kier molecular flexibility index (Phi) is 4.88. The Morgan fingerprint density at radius 2 is 1.94 bits per heavy atom. The third kappa shape index (κ3) is 3.76. The molecule has 31 heavy (non-hydrogen) atoms. The third-order valence-corrected chi connectivity index (χ3v) is 6.30. The molecule has 0 bridgehead atoms. The van der Waals surface area contributed by atoms with Gasteiger partial charge in [-0.3, -0.25) is 14.4 Å². The average Bonchev–Trinajstić information content (AvgIpc) is 3.43. The van der Waals surface area contributed by atoms with Gasteiger partial charge in [0, 0.05) is 48.6 Å². The smallest absolute Gasteiger partial charge is 0.230 e. The summed E-state index contributed by atoms with van der Waals surface area (Å²) in [5.41, 5.74) is 3.48. The molecule has 0 spiro atoms. The molecule has 1 saturated heterocycles. The zero-order valence-corrected chi connectivity index (χ0v) is 17.5. The summed E-state index contributed by atoms with van der Waals surface area (Å²) in [6.45, 7) is 1.05. The highest BCUT2D eigenvalue weighted by Crippen LogP contribution is 2.38. The van der Waals surface area contributed by atoms with E-state index in [0.717, 1.165) is 36.2 Å². The molecule has 0 radical (unpaired) electrons. The number of anilines is 3. The van der Waals surface area contributed by atoms with E-state index in [1.54, 1.807) is 24.1 Å². The van der Waals surface area contributed by atoms with Crippen molar-refractivity contribution in [2.75, 3.05) is 35.3 Å². The summed E-state index contributed by atoms with van der Waals surface area (Å²) in [6, 6.07) is 13.0. The molecule has 3 aliphatic rings. The first-order valence-electron chi connectivity index (χ1n) is 10.7. The number of amides is 3. The molecule has 1 N–H and O–H groups in total. The van der Waals surface area contributed by atoms with Gasteiger partial charge in [0.05, 0.1) is 13.0 Å². The summed E-state index contributed by atoms with van der Waals surface area (Å²) in [5, 5.41) is 2.89. The standard InChI is InChI=1S/C24H25N3O4/c1-31-20-4-2-3-18(13-20)25-23(29)17-12-22(28)27(14-17)19-7-8-21-16(11-19)9-10-26(21)24(30)15-5-6-15/h2-4,7-8,11,13,15,17H,5-6,9-10,12,14H2,1H3,(H,25,29)/t17-/m1/s1. The zero-order valence-electron chi connectivity index (χ0n) is 17.5. The lowest BCUT2D eigenvalue weighted by molar-refractivity contribution is -0.122. The highest BCUT2D eigenvalue weighted by molar-refractivity contribution is 6.04. The van der Waals surface area contributed by atoms with Crippen LogP contribution in [0.5, 0.6) is 5.75 Å². The summed E-state index contributed by atoms with van der Waals surface area (Å²) in [6.07, 6.45) is 2.96. The van der Waals surface area contributed by atoms with Crippen molar-refractivity contribution >= 4 is 34.8 Å². The number of carbonyl (C=O) groups excluding carboxylic acids is 3. The number of nitrogens with zero attached hydrogens (tertiary/aromatic N) is 2. The van der Waals surface area contributed by atoms with Crippen LogP contribution in [-0.2, 0) is 20.8 Å². The molecule has 1 aliphatic carbocycles. The molecule has 7 heteroatoms. The fraction of sp³-hybridized carbons (Fsp3) is 0.375. The Hall–Kier alpha value is -3.35. The monoisotopic (exact) mass is 419 g/mol. The normalized spacial score (nSPS) is 20.0. The van der Waals surface area contributed by atoms with Crippen LogP contribution < -0.4 is 19.9 Å². The van der Waals surface area contributed by atoms with Gasteiger partial charge in [-0.15, -0.1) is 0 Å². The van der Waals surface area contributed by atoms with E-state index < -0.39 is 5.92 Å². The van der Waals surface area contributed by atoms with Crippen molar-refractivity contribution in [2.45, 2.75) is 25.7 Å². The minimum atomic E-state index is -0.417. The van der Waals surface area contributed by atoms with E-state index in [4.69, 9.17) is 4.74 Å². The first kappa shape index (κ1) is 19.6. The minimum absolute atomic E-state index is 0.0605. The van der Waals surface area contributed by atoms with Gasteiger partial charge in [-0.05, 0) is 55.2 Å². The summed E-state index contributed by atoms with van der Waals surface area (Å²) >= 11 is 0. The van der Waals surface area contributed by atoms with Crippen LogP contribution in [0.3, 0.4) is 0 Å². The van der Waals surface area contributed by atoms with E-state index in [2.05, 4.69) is 5.32 Å². The molecule has 1 saturated carbocycles. The second kappa shape index (κ2) is 7.72. The van der Waals surface area contributed by atoms with Crippen LogP contribution in [0.2, 0.25) is 0 Å². The third-order valence-electron chi connectivity index (χ3n) is 6.30. The Balaban J connectivity index is 1.28. The second-order valence-corrected chi connectivity index (χ2v) is 8.45. The molecule has 5 rings (SSSR count). The predicted molar refractivity (Wildman–Crippen MR) is 117 cm³/mol. The highest BCUT2D eigenvalue weighted by atomic mass is 16.5. The fourth-order valence-electron chi connectivity index (χ4n) is 4.41. The maximum absolute atomic E-state index is 12.7. The first-order chi connectivity index (χ1) is 15.0. The molecule has 0 unspecified atom stereocenters. The molecule has 3 amide bonds. The van der Waals surface area contributed by atoms with Crippen molar-refractivity contribution in [2.24, 2.45) is 11.8 Å². The summed E-state index contributed by atoms with van der Waals surface area (Å²) in [5.74, 6) is 0.419. The van der Waals surface area contributed by atoms with Crippen molar-refractivity contribution in [1.82, 2.24) is 0 Å². The number of nitrogens with one attached hydrogen (secondary N) is 1. The molecule has 160 valence electrons. The molecule has 2 fully saturated rings.